The van der Waals surface area contributed by atoms with Crippen molar-refractivity contribution >= 4 is 32.0 Å². The first-order valence-corrected chi connectivity index (χ1v) is 8.81. The molecule has 0 unspecified atom stereocenters. The first-order chi connectivity index (χ1) is 11.5. The second-order valence-electron chi connectivity index (χ2n) is 5.51. The Labute approximate surface area is 138 Å². The number of nitrogens with one attached hydrogen (secondary N) is 2. The zero-order valence-corrected chi connectivity index (χ0v) is 13.9. The summed E-state index contributed by atoms with van der Waals surface area (Å²) in [6.45, 7) is 0. The van der Waals surface area contributed by atoms with E-state index in [1.54, 1.807) is 35.3 Å². The molecular formula is C16H15N5O2S. The molecule has 4 aromatic rings. The van der Waals surface area contributed by atoms with E-state index in [1.165, 1.54) is 7.05 Å². The standard InChI is InChI=1S/C16H15N5O2S/c1-17-24(22,23)12-5-3-4-10(6-12)14-7-13-15-11(9-19-21(15)2)8-18-16(13)20-14/h3-9,17H,1-2H3,(H,18,20). The average Bonchev–Trinajstić information content (AvgIpc) is 3.18. The summed E-state index contributed by atoms with van der Waals surface area (Å²) in [5.74, 6) is 0. The number of benzene rings is 1. The average molecular weight is 341 g/mol. The van der Waals surface area contributed by atoms with Crippen LogP contribution in [0.1, 0.15) is 0 Å². The van der Waals surface area contributed by atoms with Gasteiger partial charge < -0.3 is 4.98 Å². The molecule has 0 aliphatic rings. The largest absolute Gasteiger partial charge is 0.339 e. The smallest absolute Gasteiger partial charge is 0.240 e. The minimum atomic E-state index is -3.48. The van der Waals surface area contributed by atoms with Gasteiger partial charge in [-0.05, 0) is 30.8 Å². The number of rotatable bonds is 3. The summed E-state index contributed by atoms with van der Waals surface area (Å²) in [6.07, 6.45) is 3.54. The van der Waals surface area contributed by atoms with Crippen LogP contribution in [-0.4, -0.2) is 35.2 Å². The summed E-state index contributed by atoms with van der Waals surface area (Å²) in [5.41, 5.74) is 3.31. The van der Waals surface area contributed by atoms with Crippen molar-refractivity contribution < 1.29 is 8.42 Å². The number of nitrogens with zero attached hydrogens (tertiary/aromatic N) is 3. The third-order valence-electron chi connectivity index (χ3n) is 4.08. The molecular weight excluding hydrogens is 326 g/mol. The van der Waals surface area contributed by atoms with Crippen LogP contribution in [0.4, 0.5) is 0 Å². The minimum Gasteiger partial charge on any atom is -0.339 e. The molecule has 122 valence electrons. The van der Waals surface area contributed by atoms with Crippen LogP contribution >= 0.6 is 0 Å². The van der Waals surface area contributed by atoms with Crippen molar-refractivity contribution in [3.63, 3.8) is 0 Å². The van der Waals surface area contributed by atoms with E-state index < -0.39 is 10.0 Å². The Balaban J connectivity index is 1.93. The number of fused-ring (bicyclic) bond motifs is 3. The number of aromatic amines is 1. The van der Waals surface area contributed by atoms with E-state index in [0.29, 0.717) is 0 Å². The van der Waals surface area contributed by atoms with Crippen LogP contribution in [0.5, 0.6) is 0 Å². The van der Waals surface area contributed by atoms with Crippen molar-refractivity contribution in [1.29, 1.82) is 0 Å². The van der Waals surface area contributed by atoms with Crippen LogP contribution in [0.25, 0.3) is 33.2 Å². The summed E-state index contributed by atoms with van der Waals surface area (Å²) >= 11 is 0. The highest BCUT2D eigenvalue weighted by Gasteiger charge is 2.14. The summed E-state index contributed by atoms with van der Waals surface area (Å²) in [7, 11) is -0.205. The highest BCUT2D eigenvalue weighted by molar-refractivity contribution is 7.89. The van der Waals surface area contributed by atoms with Gasteiger partial charge in [0.2, 0.25) is 10.0 Å². The maximum Gasteiger partial charge on any atom is 0.240 e. The van der Waals surface area contributed by atoms with E-state index in [2.05, 4.69) is 19.8 Å². The Morgan fingerprint density at radius 1 is 1.21 bits per heavy atom. The van der Waals surface area contributed by atoms with Gasteiger partial charge in [-0.2, -0.15) is 5.10 Å². The van der Waals surface area contributed by atoms with Crippen molar-refractivity contribution in [2.24, 2.45) is 7.05 Å². The lowest BCUT2D eigenvalue weighted by Gasteiger charge is -2.04. The fourth-order valence-electron chi connectivity index (χ4n) is 2.84. The lowest BCUT2D eigenvalue weighted by atomic mass is 10.1. The van der Waals surface area contributed by atoms with Crippen LogP contribution in [0, 0.1) is 0 Å². The molecule has 3 aromatic heterocycles. The maximum atomic E-state index is 12.0. The number of aromatic nitrogens is 4. The predicted octanol–water partition coefficient (Wildman–Crippen LogP) is 2.02. The molecule has 0 atom stereocenters. The zero-order valence-electron chi connectivity index (χ0n) is 13.1. The first kappa shape index (κ1) is 14.9. The molecule has 4 rings (SSSR count). The third-order valence-corrected chi connectivity index (χ3v) is 5.49. The SMILES string of the molecule is CNS(=O)(=O)c1cccc(-c2cc3c(ncc4cnn(C)c43)[nH]2)c1. The van der Waals surface area contributed by atoms with Crippen LogP contribution in [0.2, 0.25) is 0 Å². The Bertz CT molecular complexity index is 1170. The Kier molecular flexibility index (Phi) is 3.19. The van der Waals surface area contributed by atoms with Gasteiger partial charge in [0.25, 0.3) is 0 Å². The number of sulfonamides is 1. The molecule has 0 fully saturated rings. The van der Waals surface area contributed by atoms with Gasteiger partial charge >= 0.3 is 0 Å². The topological polar surface area (TPSA) is 92.7 Å². The summed E-state index contributed by atoms with van der Waals surface area (Å²) in [5, 5.41) is 6.17. The normalized spacial score (nSPS) is 12.2. The molecule has 8 heteroatoms. The number of hydrogen-bond acceptors (Lipinski definition) is 4. The van der Waals surface area contributed by atoms with E-state index in [0.717, 1.165) is 33.2 Å². The Morgan fingerprint density at radius 3 is 2.83 bits per heavy atom. The van der Waals surface area contributed by atoms with Crippen molar-refractivity contribution in [3.8, 4) is 11.3 Å². The van der Waals surface area contributed by atoms with E-state index >= 15 is 0 Å². The molecule has 0 saturated heterocycles. The molecule has 0 aliphatic heterocycles. The van der Waals surface area contributed by atoms with Gasteiger partial charge in [-0.3, -0.25) is 4.68 Å². The molecule has 0 spiro atoms. The maximum absolute atomic E-state index is 12.0. The van der Waals surface area contributed by atoms with Crippen molar-refractivity contribution in [3.05, 3.63) is 42.7 Å². The first-order valence-electron chi connectivity index (χ1n) is 7.33. The molecule has 0 radical (unpaired) electrons. The van der Waals surface area contributed by atoms with Crippen LogP contribution in [-0.2, 0) is 17.1 Å². The number of H-pyrrole nitrogens is 1. The highest BCUT2D eigenvalue weighted by atomic mass is 32.2. The highest BCUT2D eigenvalue weighted by Crippen LogP contribution is 2.29. The molecule has 0 amide bonds. The third kappa shape index (κ3) is 2.19. The number of hydrogen-bond donors (Lipinski definition) is 2. The van der Waals surface area contributed by atoms with E-state index in [9.17, 15) is 8.42 Å². The molecule has 0 saturated carbocycles. The second kappa shape index (κ2) is 5.15. The summed E-state index contributed by atoms with van der Waals surface area (Å²) in [4.78, 5) is 7.89. The van der Waals surface area contributed by atoms with Gasteiger partial charge in [-0.15, -0.1) is 0 Å². The molecule has 0 aliphatic carbocycles. The van der Waals surface area contributed by atoms with Crippen molar-refractivity contribution in [2.75, 3.05) is 7.05 Å². The van der Waals surface area contributed by atoms with E-state index in [-0.39, 0.29) is 4.90 Å². The Hall–Kier alpha value is -2.71. The van der Waals surface area contributed by atoms with Gasteiger partial charge in [-0.25, -0.2) is 18.1 Å². The quantitative estimate of drug-likeness (QED) is 0.596. The summed E-state index contributed by atoms with van der Waals surface area (Å²) < 4.78 is 28.1. The zero-order chi connectivity index (χ0) is 16.9. The van der Waals surface area contributed by atoms with Crippen molar-refractivity contribution in [2.45, 2.75) is 4.90 Å². The van der Waals surface area contributed by atoms with Gasteiger partial charge in [0, 0.05) is 29.7 Å². The fraction of sp³-hybridized carbons (Fsp3) is 0.125. The van der Waals surface area contributed by atoms with E-state index in [1.807, 2.05) is 19.2 Å². The molecule has 2 N–H and O–H groups in total. The molecule has 7 nitrogen and oxygen atoms in total. The van der Waals surface area contributed by atoms with Gasteiger partial charge in [-0.1, -0.05) is 12.1 Å². The Morgan fingerprint density at radius 2 is 2.04 bits per heavy atom. The van der Waals surface area contributed by atoms with Crippen LogP contribution < -0.4 is 4.72 Å². The molecule has 0 bridgehead atoms. The molecule has 24 heavy (non-hydrogen) atoms. The van der Waals surface area contributed by atoms with Crippen molar-refractivity contribution in [1.82, 2.24) is 24.5 Å². The van der Waals surface area contributed by atoms with Crippen LogP contribution in [0.3, 0.4) is 0 Å². The van der Waals surface area contributed by atoms with E-state index in [4.69, 9.17) is 0 Å². The fourth-order valence-corrected chi connectivity index (χ4v) is 3.62. The van der Waals surface area contributed by atoms with Crippen LogP contribution in [0.15, 0.2) is 47.6 Å². The van der Waals surface area contributed by atoms with Gasteiger partial charge in [0.1, 0.15) is 5.65 Å². The molecule has 1 aromatic carbocycles. The monoisotopic (exact) mass is 341 g/mol. The number of pyridine rings is 1. The number of aryl methyl sites for hydroxylation is 1. The summed E-state index contributed by atoms with van der Waals surface area (Å²) in [6, 6.07) is 8.75. The van der Waals surface area contributed by atoms with Gasteiger partial charge in [0.15, 0.2) is 0 Å². The second-order valence-corrected chi connectivity index (χ2v) is 7.40. The predicted molar refractivity (Wildman–Crippen MR) is 92.0 cm³/mol. The lowest BCUT2D eigenvalue weighted by molar-refractivity contribution is 0.588. The molecule has 3 heterocycles. The lowest BCUT2D eigenvalue weighted by Crippen LogP contribution is -2.18. The van der Waals surface area contributed by atoms with Gasteiger partial charge in [0.05, 0.1) is 16.6 Å². The minimum absolute atomic E-state index is 0.222.